The topological polar surface area (TPSA) is 54.1 Å². The molecule has 0 bridgehead atoms. The zero-order valence-corrected chi connectivity index (χ0v) is 7.39. The van der Waals surface area contributed by atoms with E-state index in [-0.39, 0.29) is 5.91 Å². The van der Waals surface area contributed by atoms with Crippen LogP contribution in [0.25, 0.3) is 0 Å². The van der Waals surface area contributed by atoms with Gasteiger partial charge in [0.25, 0.3) is 5.91 Å². The van der Waals surface area contributed by atoms with E-state index in [2.05, 4.69) is 15.3 Å². The van der Waals surface area contributed by atoms with Crippen molar-refractivity contribution in [2.75, 3.05) is 7.11 Å². The first-order chi connectivity index (χ1) is 5.65. The Morgan fingerprint density at radius 1 is 1.58 bits per heavy atom. The molecule has 0 saturated heterocycles. The van der Waals surface area contributed by atoms with Crippen molar-refractivity contribution in [1.29, 1.82) is 0 Å². The van der Waals surface area contributed by atoms with Gasteiger partial charge in [-0.25, -0.2) is 5.48 Å². The maximum Gasteiger partial charge on any atom is 0.276 e. The zero-order valence-electron chi connectivity index (χ0n) is 7.39. The predicted octanol–water partition coefficient (Wildman–Crippen LogP) is 0.923. The molecule has 1 amide bonds. The standard InChI is InChI=1S/C8H12N2O2/c1-5-4-7(6(2)9-5)8(11)10-12-3/h4,9H,1-3H3,(H,10,11). The quantitative estimate of drug-likeness (QED) is 0.645. The van der Waals surface area contributed by atoms with Crippen molar-refractivity contribution >= 4 is 5.91 Å². The number of H-pyrrole nitrogens is 1. The first-order valence-corrected chi connectivity index (χ1v) is 3.64. The third-order valence-electron chi connectivity index (χ3n) is 1.59. The highest BCUT2D eigenvalue weighted by atomic mass is 16.6. The monoisotopic (exact) mass is 168 g/mol. The second-order valence-corrected chi connectivity index (χ2v) is 2.63. The number of nitrogens with one attached hydrogen (secondary N) is 2. The molecule has 0 spiro atoms. The molecule has 12 heavy (non-hydrogen) atoms. The third-order valence-corrected chi connectivity index (χ3v) is 1.59. The van der Waals surface area contributed by atoms with Crippen LogP contribution in [0.4, 0.5) is 0 Å². The molecule has 4 nitrogen and oxygen atoms in total. The summed E-state index contributed by atoms with van der Waals surface area (Å²) in [5, 5.41) is 0. The summed E-state index contributed by atoms with van der Waals surface area (Å²) >= 11 is 0. The number of aromatic nitrogens is 1. The molecule has 0 saturated carbocycles. The molecule has 0 radical (unpaired) electrons. The maximum absolute atomic E-state index is 11.2. The van der Waals surface area contributed by atoms with E-state index in [9.17, 15) is 4.79 Å². The lowest BCUT2D eigenvalue weighted by atomic mass is 10.2. The Morgan fingerprint density at radius 2 is 2.25 bits per heavy atom. The van der Waals surface area contributed by atoms with E-state index in [1.54, 1.807) is 6.07 Å². The SMILES string of the molecule is CONC(=O)c1cc(C)[nH]c1C. The second-order valence-electron chi connectivity index (χ2n) is 2.63. The molecule has 0 unspecified atom stereocenters. The predicted molar refractivity (Wildman–Crippen MR) is 44.7 cm³/mol. The van der Waals surface area contributed by atoms with Gasteiger partial charge in [-0.2, -0.15) is 0 Å². The Labute approximate surface area is 70.9 Å². The number of aromatic amines is 1. The normalized spacial score (nSPS) is 9.92. The van der Waals surface area contributed by atoms with Gasteiger partial charge in [-0.1, -0.05) is 0 Å². The lowest BCUT2D eigenvalue weighted by Gasteiger charge is -1.99. The summed E-state index contributed by atoms with van der Waals surface area (Å²) in [6.45, 7) is 3.74. The molecule has 1 heterocycles. The van der Waals surface area contributed by atoms with Crippen LogP contribution in [0, 0.1) is 13.8 Å². The highest BCUT2D eigenvalue weighted by Crippen LogP contribution is 2.08. The van der Waals surface area contributed by atoms with Crippen LogP contribution >= 0.6 is 0 Å². The Balaban J connectivity index is 2.87. The number of carbonyl (C=O) groups is 1. The summed E-state index contributed by atoms with van der Waals surface area (Å²) in [5.41, 5.74) is 4.69. The van der Waals surface area contributed by atoms with E-state index < -0.39 is 0 Å². The van der Waals surface area contributed by atoms with Crippen molar-refractivity contribution in [3.63, 3.8) is 0 Å². The molecule has 1 rings (SSSR count). The fourth-order valence-electron chi connectivity index (χ4n) is 1.11. The minimum absolute atomic E-state index is 0.223. The minimum Gasteiger partial charge on any atom is -0.362 e. The fourth-order valence-corrected chi connectivity index (χ4v) is 1.11. The number of amides is 1. The molecule has 1 aromatic rings. The van der Waals surface area contributed by atoms with Crippen LogP contribution in [0.15, 0.2) is 6.07 Å². The summed E-state index contributed by atoms with van der Waals surface area (Å²) < 4.78 is 0. The van der Waals surface area contributed by atoms with Crippen LogP contribution in [0.1, 0.15) is 21.7 Å². The van der Waals surface area contributed by atoms with Crippen molar-refractivity contribution < 1.29 is 9.63 Å². The van der Waals surface area contributed by atoms with Gasteiger partial charge in [-0.05, 0) is 19.9 Å². The molecular formula is C8H12N2O2. The average Bonchev–Trinajstić information content (AvgIpc) is 2.30. The van der Waals surface area contributed by atoms with Crippen LogP contribution in [0.5, 0.6) is 0 Å². The average molecular weight is 168 g/mol. The van der Waals surface area contributed by atoms with Crippen molar-refractivity contribution in [2.45, 2.75) is 13.8 Å². The lowest BCUT2D eigenvalue weighted by molar-refractivity contribution is 0.0537. The molecular weight excluding hydrogens is 156 g/mol. The number of hydrogen-bond donors (Lipinski definition) is 2. The van der Waals surface area contributed by atoms with E-state index in [0.29, 0.717) is 5.56 Å². The maximum atomic E-state index is 11.2. The van der Waals surface area contributed by atoms with Gasteiger partial charge in [0.2, 0.25) is 0 Å². The van der Waals surface area contributed by atoms with E-state index in [4.69, 9.17) is 0 Å². The molecule has 0 aliphatic heterocycles. The molecule has 4 heteroatoms. The van der Waals surface area contributed by atoms with E-state index >= 15 is 0 Å². The Kier molecular flexibility index (Phi) is 2.50. The highest BCUT2D eigenvalue weighted by molar-refractivity contribution is 5.94. The Bertz CT molecular complexity index is 291. The number of rotatable bonds is 2. The summed E-state index contributed by atoms with van der Waals surface area (Å²) in [4.78, 5) is 18.8. The smallest absolute Gasteiger partial charge is 0.276 e. The molecule has 0 fully saturated rings. The van der Waals surface area contributed by atoms with Crippen LogP contribution in [-0.4, -0.2) is 18.0 Å². The molecule has 0 aromatic carbocycles. The van der Waals surface area contributed by atoms with Gasteiger partial charge in [-0.15, -0.1) is 0 Å². The van der Waals surface area contributed by atoms with Crippen LogP contribution in [0.2, 0.25) is 0 Å². The van der Waals surface area contributed by atoms with Gasteiger partial charge in [0.05, 0.1) is 12.7 Å². The summed E-state index contributed by atoms with van der Waals surface area (Å²) in [7, 11) is 1.41. The first kappa shape index (κ1) is 8.80. The summed E-state index contributed by atoms with van der Waals surface area (Å²) in [5.74, 6) is -0.223. The van der Waals surface area contributed by atoms with Crippen LogP contribution < -0.4 is 5.48 Å². The summed E-state index contributed by atoms with van der Waals surface area (Å²) in [6, 6.07) is 1.78. The van der Waals surface area contributed by atoms with Crippen molar-refractivity contribution in [2.24, 2.45) is 0 Å². The number of carbonyl (C=O) groups excluding carboxylic acids is 1. The molecule has 66 valence electrons. The summed E-state index contributed by atoms with van der Waals surface area (Å²) in [6.07, 6.45) is 0. The lowest BCUT2D eigenvalue weighted by Crippen LogP contribution is -2.21. The molecule has 0 aliphatic carbocycles. The van der Waals surface area contributed by atoms with E-state index in [1.165, 1.54) is 7.11 Å². The largest absolute Gasteiger partial charge is 0.362 e. The molecule has 2 N–H and O–H groups in total. The molecule has 0 atom stereocenters. The Morgan fingerprint density at radius 3 is 2.67 bits per heavy atom. The first-order valence-electron chi connectivity index (χ1n) is 3.64. The highest BCUT2D eigenvalue weighted by Gasteiger charge is 2.09. The van der Waals surface area contributed by atoms with E-state index in [0.717, 1.165) is 11.4 Å². The van der Waals surface area contributed by atoms with Crippen LogP contribution in [-0.2, 0) is 4.84 Å². The van der Waals surface area contributed by atoms with Crippen molar-refractivity contribution in [3.05, 3.63) is 23.0 Å². The van der Waals surface area contributed by atoms with Gasteiger partial charge in [0, 0.05) is 11.4 Å². The molecule has 1 aromatic heterocycles. The fraction of sp³-hybridized carbons (Fsp3) is 0.375. The van der Waals surface area contributed by atoms with Gasteiger partial charge in [0.15, 0.2) is 0 Å². The number of aryl methyl sites for hydroxylation is 2. The van der Waals surface area contributed by atoms with Gasteiger partial charge in [0.1, 0.15) is 0 Å². The van der Waals surface area contributed by atoms with Crippen molar-refractivity contribution in [3.8, 4) is 0 Å². The second kappa shape index (κ2) is 3.40. The minimum atomic E-state index is -0.223. The van der Waals surface area contributed by atoms with Gasteiger partial charge in [-0.3, -0.25) is 9.63 Å². The van der Waals surface area contributed by atoms with Gasteiger partial charge < -0.3 is 4.98 Å². The zero-order chi connectivity index (χ0) is 9.14. The molecule has 0 aliphatic rings. The van der Waals surface area contributed by atoms with Gasteiger partial charge >= 0.3 is 0 Å². The number of hydroxylamine groups is 1. The number of hydrogen-bond acceptors (Lipinski definition) is 2. The Hall–Kier alpha value is -1.29. The van der Waals surface area contributed by atoms with Crippen LogP contribution in [0.3, 0.4) is 0 Å². The van der Waals surface area contributed by atoms with E-state index in [1.807, 2.05) is 13.8 Å². The third kappa shape index (κ3) is 1.65. The van der Waals surface area contributed by atoms with Crippen molar-refractivity contribution in [1.82, 2.24) is 10.5 Å².